The molecule has 0 spiro atoms. The molecule has 1 aromatic carbocycles. The van der Waals surface area contributed by atoms with Crippen molar-refractivity contribution in [1.82, 2.24) is 9.71 Å². The summed E-state index contributed by atoms with van der Waals surface area (Å²) in [5.41, 5.74) is 0.828. The van der Waals surface area contributed by atoms with Crippen LogP contribution in [0.5, 0.6) is 0 Å². The molecule has 7 heteroatoms. The van der Waals surface area contributed by atoms with Crippen LogP contribution in [0.25, 0.3) is 0 Å². The SMILES string of the molecule is O=C(O)c1ccncc1S(=O)(=O)NC1CCCCC1c1ccccc1. The van der Waals surface area contributed by atoms with Gasteiger partial charge in [0.05, 0.1) is 5.56 Å². The number of rotatable bonds is 5. The Labute approximate surface area is 147 Å². The first kappa shape index (κ1) is 17.6. The number of sulfonamides is 1. The number of pyridine rings is 1. The molecule has 0 bridgehead atoms. The van der Waals surface area contributed by atoms with Crippen LogP contribution in [0.2, 0.25) is 0 Å². The topological polar surface area (TPSA) is 96.4 Å². The molecule has 2 atom stereocenters. The molecule has 0 radical (unpaired) electrons. The monoisotopic (exact) mass is 360 g/mol. The number of nitrogens with one attached hydrogen (secondary N) is 1. The summed E-state index contributed by atoms with van der Waals surface area (Å²) in [4.78, 5) is 14.8. The Balaban J connectivity index is 1.90. The highest BCUT2D eigenvalue weighted by molar-refractivity contribution is 7.89. The fourth-order valence-electron chi connectivity index (χ4n) is 3.40. The summed E-state index contributed by atoms with van der Waals surface area (Å²) in [5, 5.41) is 9.24. The second-order valence-electron chi connectivity index (χ2n) is 6.21. The van der Waals surface area contributed by atoms with Crippen LogP contribution in [0.4, 0.5) is 0 Å². The van der Waals surface area contributed by atoms with Gasteiger partial charge in [0.2, 0.25) is 10.0 Å². The van der Waals surface area contributed by atoms with Crippen LogP contribution < -0.4 is 4.72 Å². The molecule has 132 valence electrons. The molecule has 0 amide bonds. The second-order valence-corrected chi connectivity index (χ2v) is 7.89. The molecule has 0 aliphatic heterocycles. The van der Waals surface area contributed by atoms with Crippen molar-refractivity contribution in [2.45, 2.75) is 42.5 Å². The zero-order valence-electron chi connectivity index (χ0n) is 13.6. The number of aromatic carboxylic acids is 1. The van der Waals surface area contributed by atoms with Gasteiger partial charge in [0.25, 0.3) is 0 Å². The van der Waals surface area contributed by atoms with E-state index >= 15 is 0 Å². The van der Waals surface area contributed by atoms with Gasteiger partial charge in [-0.2, -0.15) is 0 Å². The molecule has 0 saturated heterocycles. The standard InChI is InChI=1S/C18H20N2O4S/c21-18(22)15-10-11-19-12-17(15)25(23,24)20-16-9-5-4-8-14(16)13-6-2-1-3-7-13/h1-3,6-7,10-12,14,16,20H,4-5,8-9H2,(H,21,22). The van der Waals surface area contributed by atoms with E-state index in [9.17, 15) is 18.3 Å². The van der Waals surface area contributed by atoms with E-state index in [-0.39, 0.29) is 22.4 Å². The lowest BCUT2D eigenvalue weighted by molar-refractivity contribution is 0.0692. The number of hydrogen-bond donors (Lipinski definition) is 2. The molecule has 2 unspecified atom stereocenters. The minimum Gasteiger partial charge on any atom is -0.478 e. The Bertz CT molecular complexity index is 852. The number of aromatic nitrogens is 1. The lowest BCUT2D eigenvalue weighted by Gasteiger charge is -2.32. The molecule has 6 nitrogen and oxygen atoms in total. The number of carbonyl (C=O) groups is 1. The summed E-state index contributed by atoms with van der Waals surface area (Å²) in [5.74, 6) is -1.21. The smallest absolute Gasteiger partial charge is 0.337 e. The number of nitrogens with zero attached hydrogens (tertiary/aromatic N) is 1. The van der Waals surface area contributed by atoms with Crippen LogP contribution >= 0.6 is 0 Å². The molecule has 1 aliphatic carbocycles. The van der Waals surface area contributed by atoms with Crippen LogP contribution in [0.1, 0.15) is 47.5 Å². The first-order valence-corrected chi connectivity index (χ1v) is 9.72. The van der Waals surface area contributed by atoms with E-state index in [1.807, 2.05) is 30.3 Å². The molecule has 25 heavy (non-hydrogen) atoms. The number of benzene rings is 1. The highest BCUT2D eigenvalue weighted by Gasteiger charge is 2.32. The summed E-state index contributed by atoms with van der Waals surface area (Å²) >= 11 is 0. The highest BCUT2D eigenvalue weighted by atomic mass is 32.2. The first-order chi connectivity index (χ1) is 12.0. The maximum atomic E-state index is 12.8. The second kappa shape index (κ2) is 7.33. The zero-order chi connectivity index (χ0) is 17.9. The number of hydrogen-bond acceptors (Lipinski definition) is 4. The van der Waals surface area contributed by atoms with Gasteiger partial charge in [0.15, 0.2) is 0 Å². The van der Waals surface area contributed by atoms with E-state index in [0.29, 0.717) is 0 Å². The fourth-order valence-corrected chi connectivity index (χ4v) is 4.86. The van der Waals surface area contributed by atoms with Gasteiger partial charge in [-0.3, -0.25) is 4.98 Å². The summed E-state index contributed by atoms with van der Waals surface area (Å²) in [6, 6.07) is 10.8. The van der Waals surface area contributed by atoms with Gasteiger partial charge < -0.3 is 5.11 Å². The van der Waals surface area contributed by atoms with Gasteiger partial charge in [0, 0.05) is 24.4 Å². The van der Waals surface area contributed by atoms with E-state index in [2.05, 4.69) is 9.71 Å². The van der Waals surface area contributed by atoms with Gasteiger partial charge in [-0.05, 0) is 24.5 Å². The molecule has 2 aromatic rings. The predicted octanol–water partition coefficient (Wildman–Crippen LogP) is 2.78. The van der Waals surface area contributed by atoms with Crippen molar-refractivity contribution < 1.29 is 18.3 Å². The van der Waals surface area contributed by atoms with E-state index < -0.39 is 16.0 Å². The van der Waals surface area contributed by atoms with Crippen molar-refractivity contribution in [2.24, 2.45) is 0 Å². The number of carboxylic acids is 1. The summed E-state index contributed by atoms with van der Waals surface area (Å²) in [6.45, 7) is 0. The summed E-state index contributed by atoms with van der Waals surface area (Å²) in [6.07, 6.45) is 5.97. The molecule has 1 heterocycles. The van der Waals surface area contributed by atoms with Crippen LogP contribution in [-0.2, 0) is 10.0 Å². The van der Waals surface area contributed by atoms with Crippen LogP contribution in [-0.4, -0.2) is 30.5 Å². The minimum absolute atomic E-state index is 0.0784. The molecule has 1 fully saturated rings. The molecule has 1 aliphatic rings. The quantitative estimate of drug-likeness (QED) is 0.855. The van der Waals surface area contributed by atoms with Crippen LogP contribution in [0.3, 0.4) is 0 Å². The van der Waals surface area contributed by atoms with E-state index in [1.165, 1.54) is 12.3 Å². The number of carboxylic acid groups (broad SMARTS) is 1. The van der Waals surface area contributed by atoms with E-state index in [0.717, 1.165) is 37.4 Å². The van der Waals surface area contributed by atoms with Gasteiger partial charge in [-0.15, -0.1) is 0 Å². The molecule has 1 saturated carbocycles. The Hall–Kier alpha value is -2.25. The Kier molecular flexibility index (Phi) is 5.15. The summed E-state index contributed by atoms with van der Waals surface area (Å²) < 4.78 is 28.3. The van der Waals surface area contributed by atoms with Crippen LogP contribution in [0.15, 0.2) is 53.7 Å². The Morgan fingerprint density at radius 1 is 1.12 bits per heavy atom. The van der Waals surface area contributed by atoms with E-state index in [4.69, 9.17) is 0 Å². The third-order valence-electron chi connectivity index (χ3n) is 4.60. The summed E-state index contributed by atoms with van der Waals surface area (Å²) in [7, 11) is -3.97. The third kappa shape index (κ3) is 3.88. The average molecular weight is 360 g/mol. The van der Waals surface area contributed by atoms with Gasteiger partial charge >= 0.3 is 5.97 Å². The van der Waals surface area contributed by atoms with Crippen molar-refractivity contribution in [3.63, 3.8) is 0 Å². The van der Waals surface area contributed by atoms with Crippen molar-refractivity contribution in [2.75, 3.05) is 0 Å². The van der Waals surface area contributed by atoms with Crippen molar-refractivity contribution in [3.8, 4) is 0 Å². The highest BCUT2D eigenvalue weighted by Crippen LogP contribution is 2.34. The lowest BCUT2D eigenvalue weighted by Crippen LogP contribution is -2.41. The lowest BCUT2D eigenvalue weighted by atomic mass is 9.80. The first-order valence-electron chi connectivity index (χ1n) is 8.23. The van der Waals surface area contributed by atoms with Gasteiger partial charge in [-0.25, -0.2) is 17.9 Å². The molecule has 3 rings (SSSR count). The van der Waals surface area contributed by atoms with Gasteiger partial charge in [-0.1, -0.05) is 43.2 Å². The zero-order valence-corrected chi connectivity index (χ0v) is 14.4. The third-order valence-corrected chi connectivity index (χ3v) is 6.12. The molecule has 1 aromatic heterocycles. The molecule has 2 N–H and O–H groups in total. The minimum atomic E-state index is -3.97. The molecular weight excluding hydrogens is 340 g/mol. The van der Waals surface area contributed by atoms with Crippen molar-refractivity contribution in [1.29, 1.82) is 0 Å². The Morgan fingerprint density at radius 3 is 2.56 bits per heavy atom. The van der Waals surface area contributed by atoms with Crippen LogP contribution in [0, 0.1) is 0 Å². The van der Waals surface area contributed by atoms with Gasteiger partial charge in [0.1, 0.15) is 4.90 Å². The van der Waals surface area contributed by atoms with E-state index in [1.54, 1.807) is 0 Å². The molecular formula is C18H20N2O4S. The normalized spacial score (nSPS) is 21.0. The maximum Gasteiger partial charge on any atom is 0.337 e. The van der Waals surface area contributed by atoms with Crippen molar-refractivity contribution in [3.05, 3.63) is 59.9 Å². The predicted molar refractivity (Wildman–Crippen MR) is 93.0 cm³/mol. The average Bonchev–Trinajstić information content (AvgIpc) is 2.62. The maximum absolute atomic E-state index is 12.8. The van der Waals surface area contributed by atoms with Crippen molar-refractivity contribution >= 4 is 16.0 Å². The Morgan fingerprint density at radius 2 is 1.84 bits per heavy atom. The fraction of sp³-hybridized carbons (Fsp3) is 0.333. The largest absolute Gasteiger partial charge is 0.478 e.